The Morgan fingerprint density at radius 1 is 1.33 bits per heavy atom. The molecule has 1 rings (SSSR count). The van der Waals surface area contributed by atoms with Gasteiger partial charge in [-0.3, -0.25) is 0 Å². The maximum absolute atomic E-state index is 8.43. The number of benzene rings is 1. The molecule has 12 heavy (non-hydrogen) atoms. The zero-order chi connectivity index (χ0) is 8.81. The van der Waals surface area contributed by atoms with Crippen LogP contribution in [0.4, 0.5) is 0 Å². The summed E-state index contributed by atoms with van der Waals surface area (Å²) in [5.41, 5.74) is 0. The molecule has 1 nitrogen and oxygen atoms in total. The average molecular weight is 175 g/mol. The van der Waals surface area contributed by atoms with Gasteiger partial charge in [-0.25, -0.2) is 0 Å². The van der Waals surface area contributed by atoms with E-state index in [2.05, 4.69) is 36.9 Å². The highest BCUT2D eigenvalue weighted by Gasteiger charge is 2.04. The molecular weight excluding hydrogens is 162 g/mol. The van der Waals surface area contributed by atoms with Crippen molar-refractivity contribution in [2.75, 3.05) is 0 Å². The van der Waals surface area contributed by atoms with Crippen molar-refractivity contribution in [3.8, 4) is 6.07 Å². The lowest BCUT2D eigenvalue weighted by Gasteiger charge is -2.06. The monoisotopic (exact) mass is 175 g/mol. The first-order valence-corrected chi connectivity index (χ1v) is 6.81. The molecule has 62 valence electrons. The van der Waals surface area contributed by atoms with Crippen LogP contribution in [0.15, 0.2) is 30.3 Å². The number of nitrogens with zero attached hydrogens (tertiary/aromatic N) is 1. The van der Waals surface area contributed by atoms with Crippen molar-refractivity contribution in [2.45, 2.75) is 19.0 Å². The van der Waals surface area contributed by atoms with Gasteiger partial charge in [0.05, 0.1) is 14.9 Å². The van der Waals surface area contributed by atoms with Gasteiger partial charge in [0.1, 0.15) is 0 Å². The van der Waals surface area contributed by atoms with Crippen LogP contribution in [0.5, 0.6) is 0 Å². The SMILES string of the molecule is C[SiH](CCC#N)c1ccccc1. The van der Waals surface area contributed by atoms with E-state index < -0.39 is 8.80 Å². The maximum Gasteiger partial charge on any atom is 0.0687 e. The molecule has 0 spiro atoms. The van der Waals surface area contributed by atoms with E-state index >= 15 is 0 Å². The van der Waals surface area contributed by atoms with Crippen molar-refractivity contribution in [1.82, 2.24) is 0 Å². The quantitative estimate of drug-likeness (QED) is 0.641. The zero-order valence-electron chi connectivity index (χ0n) is 7.33. The maximum atomic E-state index is 8.43. The van der Waals surface area contributed by atoms with Gasteiger partial charge >= 0.3 is 0 Å². The summed E-state index contributed by atoms with van der Waals surface area (Å²) >= 11 is 0. The first kappa shape index (κ1) is 9.02. The van der Waals surface area contributed by atoms with Crippen molar-refractivity contribution < 1.29 is 0 Å². The third kappa shape index (κ3) is 2.52. The van der Waals surface area contributed by atoms with Crippen LogP contribution in [0, 0.1) is 11.3 Å². The second-order valence-electron chi connectivity index (χ2n) is 3.01. The molecule has 1 aromatic rings. The minimum atomic E-state index is -0.801. The largest absolute Gasteiger partial charge is 0.198 e. The van der Waals surface area contributed by atoms with Gasteiger partial charge in [-0.05, 0) is 6.04 Å². The summed E-state index contributed by atoms with van der Waals surface area (Å²) < 4.78 is 0. The van der Waals surface area contributed by atoms with Crippen molar-refractivity contribution in [3.63, 3.8) is 0 Å². The van der Waals surface area contributed by atoms with E-state index in [9.17, 15) is 0 Å². The van der Waals surface area contributed by atoms with Crippen molar-refractivity contribution in [2.24, 2.45) is 0 Å². The van der Waals surface area contributed by atoms with Gasteiger partial charge < -0.3 is 0 Å². The minimum absolute atomic E-state index is 0.711. The summed E-state index contributed by atoms with van der Waals surface area (Å²) in [7, 11) is -0.801. The first-order valence-electron chi connectivity index (χ1n) is 4.26. The van der Waals surface area contributed by atoms with Crippen LogP contribution in [0.2, 0.25) is 12.6 Å². The highest BCUT2D eigenvalue weighted by molar-refractivity contribution is 6.72. The van der Waals surface area contributed by atoms with Gasteiger partial charge in [0.15, 0.2) is 0 Å². The Morgan fingerprint density at radius 2 is 2.00 bits per heavy atom. The molecule has 0 N–H and O–H groups in total. The highest BCUT2D eigenvalue weighted by atomic mass is 28.3. The summed E-state index contributed by atoms with van der Waals surface area (Å²) in [5.74, 6) is 0. The summed E-state index contributed by atoms with van der Waals surface area (Å²) in [5, 5.41) is 9.90. The van der Waals surface area contributed by atoms with E-state index in [1.165, 1.54) is 5.19 Å². The van der Waals surface area contributed by atoms with Crippen molar-refractivity contribution in [3.05, 3.63) is 30.3 Å². The molecular formula is C10H13NSi. The normalized spacial score (nSPS) is 12.0. The van der Waals surface area contributed by atoms with E-state index in [0.29, 0.717) is 6.42 Å². The number of rotatable bonds is 3. The molecule has 0 bridgehead atoms. The Balaban J connectivity index is 2.55. The van der Waals surface area contributed by atoms with Gasteiger partial charge in [-0.1, -0.05) is 42.1 Å². The Labute approximate surface area is 75.3 Å². The van der Waals surface area contributed by atoms with E-state index in [-0.39, 0.29) is 0 Å². The van der Waals surface area contributed by atoms with Crippen molar-refractivity contribution >= 4 is 14.0 Å². The van der Waals surface area contributed by atoms with E-state index in [4.69, 9.17) is 5.26 Å². The van der Waals surface area contributed by atoms with Crippen LogP contribution < -0.4 is 5.19 Å². The molecule has 1 unspecified atom stereocenters. The first-order chi connectivity index (χ1) is 5.84. The molecule has 0 amide bonds. The lowest BCUT2D eigenvalue weighted by atomic mass is 10.4. The predicted molar refractivity (Wildman–Crippen MR) is 54.1 cm³/mol. The number of nitriles is 1. The number of hydrogen-bond acceptors (Lipinski definition) is 1. The summed E-state index contributed by atoms with van der Waals surface area (Å²) in [6, 6.07) is 13.8. The zero-order valence-corrected chi connectivity index (χ0v) is 8.48. The molecule has 0 saturated heterocycles. The molecule has 0 aliphatic rings. The molecule has 0 aromatic heterocycles. The van der Waals surface area contributed by atoms with E-state index in [0.717, 1.165) is 6.04 Å². The third-order valence-electron chi connectivity index (χ3n) is 2.06. The average Bonchev–Trinajstić information content (AvgIpc) is 2.15. The van der Waals surface area contributed by atoms with E-state index in [1.54, 1.807) is 0 Å². The summed E-state index contributed by atoms with van der Waals surface area (Å²) in [6.45, 7) is 2.30. The van der Waals surface area contributed by atoms with Gasteiger partial charge in [0.2, 0.25) is 0 Å². The van der Waals surface area contributed by atoms with Crippen LogP contribution in [-0.4, -0.2) is 8.80 Å². The van der Waals surface area contributed by atoms with E-state index in [1.807, 2.05) is 6.07 Å². The fraction of sp³-hybridized carbons (Fsp3) is 0.300. The van der Waals surface area contributed by atoms with Gasteiger partial charge in [-0.15, -0.1) is 0 Å². The lowest BCUT2D eigenvalue weighted by Crippen LogP contribution is -2.25. The molecule has 2 heteroatoms. The Bertz CT molecular complexity index is 263. The number of hydrogen-bond donors (Lipinski definition) is 0. The molecule has 1 aromatic carbocycles. The van der Waals surface area contributed by atoms with Crippen LogP contribution in [0.1, 0.15) is 6.42 Å². The molecule has 1 atom stereocenters. The second-order valence-corrected chi connectivity index (χ2v) is 6.05. The second kappa shape index (κ2) is 4.73. The summed E-state index contributed by atoms with van der Waals surface area (Å²) in [4.78, 5) is 0. The molecule has 0 aliphatic heterocycles. The van der Waals surface area contributed by atoms with Crippen LogP contribution >= 0.6 is 0 Å². The third-order valence-corrected chi connectivity index (χ3v) is 4.74. The Morgan fingerprint density at radius 3 is 2.58 bits per heavy atom. The standard InChI is InChI=1S/C10H13NSi/c1-12(9-5-8-11)10-6-3-2-4-7-10/h2-4,6-7,12H,5,9H2,1H3. The van der Waals surface area contributed by atoms with Crippen molar-refractivity contribution in [1.29, 1.82) is 5.26 Å². The Hall–Kier alpha value is -1.07. The molecule has 0 aliphatic carbocycles. The van der Waals surface area contributed by atoms with Crippen LogP contribution in [-0.2, 0) is 0 Å². The molecule has 0 heterocycles. The fourth-order valence-electron chi connectivity index (χ4n) is 1.23. The van der Waals surface area contributed by atoms with Gasteiger partial charge in [0, 0.05) is 6.42 Å². The van der Waals surface area contributed by atoms with Gasteiger partial charge in [-0.2, -0.15) is 5.26 Å². The fourth-order valence-corrected chi connectivity index (χ4v) is 3.00. The van der Waals surface area contributed by atoms with Gasteiger partial charge in [0.25, 0.3) is 0 Å². The van der Waals surface area contributed by atoms with Crippen LogP contribution in [0.3, 0.4) is 0 Å². The summed E-state index contributed by atoms with van der Waals surface area (Å²) in [6.07, 6.45) is 0.711. The smallest absolute Gasteiger partial charge is 0.0687 e. The molecule has 0 fully saturated rings. The molecule has 0 saturated carbocycles. The predicted octanol–water partition coefficient (Wildman–Crippen LogP) is 1.66. The lowest BCUT2D eigenvalue weighted by molar-refractivity contribution is 1.19. The van der Waals surface area contributed by atoms with Crippen LogP contribution in [0.25, 0.3) is 0 Å². The molecule has 0 radical (unpaired) electrons. The highest BCUT2D eigenvalue weighted by Crippen LogP contribution is 1.97. The Kier molecular flexibility index (Phi) is 3.56. The topological polar surface area (TPSA) is 23.8 Å². The minimum Gasteiger partial charge on any atom is -0.198 e.